The maximum absolute atomic E-state index is 14.0. The molecular weight excluding hydrogens is 472 g/mol. The highest BCUT2D eigenvalue weighted by atomic mass is 16.6. The number of alkyl carbamates (subject to hydrolysis) is 1. The van der Waals surface area contributed by atoms with Gasteiger partial charge in [0.25, 0.3) is 0 Å². The molecule has 4 amide bonds. The first kappa shape index (κ1) is 31.9. The zero-order valence-corrected chi connectivity index (χ0v) is 24.0. The van der Waals surface area contributed by atoms with Crippen molar-refractivity contribution in [2.45, 2.75) is 111 Å². The molecule has 37 heavy (non-hydrogen) atoms. The molecule has 1 rings (SSSR count). The zero-order valence-electron chi connectivity index (χ0n) is 24.0. The number of ether oxygens (including phenoxy) is 1. The number of unbranched alkanes of at least 4 members (excludes halogenated alkanes) is 2. The molecule has 0 fully saturated rings. The van der Waals surface area contributed by atoms with Crippen LogP contribution in [0.2, 0.25) is 0 Å². The molecule has 0 aliphatic rings. The standard InChI is InChI=1S/C28H46N4O5/c1-10-11-12-15-30-24(34)23(20-14-13-18(2)19(3)16-20)32(27(4,5)6)25(35)21(17-22(29)33)31-26(36)37-28(7,8)9/h13-14,16,21,23H,10-12,15,17H2,1-9H3,(H2,29,33)(H,30,34)(H,31,36). The summed E-state index contributed by atoms with van der Waals surface area (Å²) < 4.78 is 5.31. The van der Waals surface area contributed by atoms with Gasteiger partial charge in [0, 0.05) is 12.1 Å². The largest absolute Gasteiger partial charge is 0.444 e. The molecule has 1 aromatic rings. The van der Waals surface area contributed by atoms with Gasteiger partial charge in [0.05, 0.1) is 6.42 Å². The topological polar surface area (TPSA) is 131 Å². The lowest BCUT2D eigenvalue weighted by molar-refractivity contribution is -0.149. The summed E-state index contributed by atoms with van der Waals surface area (Å²) in [5.74, 6) is -1.71. The summed E-state index contributed by atoms with van der Waals surface area (Å²) in [4.78, 5) is 53.6. The Balaban J connectivity index is 3.55. The molecule has 0 spiro atoms. The number of benzene rings is 1. The predicted molar refractivity (Wildman–Crippen MR) is 145 cm³/mol. The fourth-order valence-corrected chi connectivity index (χ4v) is 3.90. The van der Waals surface area contributed by atoms with Crippen LogP contribution in [0.5, 0.6) is 0 Å². The fraction of sp³-hybridized carbons (Fsp3) is 0.643. The van der Waals surface area contributed by atoms with Gasteiger partial charge in [-0.25, -0.2) is 4.79 Å². The average Bonchev–Trinajstić information content (AvgIpc) is 2.73. The van der Waals surface area contributed by atoms with Crippen molar-refractivity contribution in [3.05, 3.63) is 34.9 Å². The second kappa shape index (κ2) is 13.4. The van der Waals surface area contributed by atoms with E-state index in [-0.39, 0.29) is 5.91 Å². The summed E-state index contributed by atoms with van der Waals surface area (Å²) in [5.41, 5.74) is 6.44. The molecule has 2 atom stereocenters. The van der Waals surface area contributed by atoms with Crippen molar-refractivity contribution in [2.24, 2.45) is 5.73 Å². The molecule has 2 unspecified atom stereocenters. The molecule has 208 valence electrons. The van der Waals surface area contributed by atoms with Crippen molar-refractivity contribution in [1.82, 2.24) is 15.5 Å². The molecule has 1 aromatic carbocycles. The Morgan fingerprint density at radius 1 is 1.00 bits per heavy atom. The molecule has 9 nitrogen and oxygen atoms in total. The lowest BCUT2D eigenvalue weighted by Crippen LogP contribution is -2.59. The van der Waals surface area contributed by atoms with Crippen molar-refractivity contribution in [3.8, 4) is 0 Å². The number of nitrogens with one attached hydrogen (secondary N) is 2. The van der Waals surface area contributed by atoms with Crippen LogP contribution in [-0.2, 0) is 19.1 Å². The minimum atomic E-state index is -1.31. The first-order valence-electron chi connectivity index (χ1n) is 12.9. The van der Waals surface area contributed by atoms with E-state index in [4.69, 9.17) is 10.5 Å². The molecular formula is C28H46N4O5. The van der Waals surface area contributed by atoms with Crippen molar-refractivity contribution in [1.29, 1.82) is 0 Å². The predicted octanol–water partition coefficient (Wildman–Crippen LogP) is 4.05. The number of rotatable bonds is 11. The monoisotopic (exact) mass is 518 g/mol. The molecule has 9 heteroatoms. The first-order chi connectivity index (χ1) is 17.0. The molecule has 0 heterocycles. The Labute approximate surface area is 221 Å². The highest BCUT2D eigenvalue weighted by molar-refractivity contribution is 5.95. The van der Waals surface area contributed by atoms with Gasteiger partial charge in [-0.1, -0.05) is 38.0 Å². The number of hydrogen-bond acceptors (Lipinski definition) is 5. The Bertz CT molecular complexity index is 962. The summed E-state index contributed by atoms with van der Waals surface area (Å²) >= 11 is 0. The van der Waals surface area contributed by atoms with Crippen LogP contribution in [-0.4, -0.2) is 52.4 Å². The molecule has 0 bridgehead atoms. The van der Waals surface area contributed by atoms with Gasteiger partial charge in [-0.2, -0.15) is 0 Å². The van der Waals surface area contributed by atoms with Gasteiger partial charge in [0.2, 0.25) is 17.7 Å². The molecule has 0 saturated carbocycles. The van der Waals surface area contributed by atoms with Gasteiger partial charge in [-0.3, -0.25) is 14.4 Å². The van der Waals surface area contributed by atoms with Crippen molar-refractivity contribution < 1.29 is 23.9 Å². The minimum absolute atomic E-state index is 0.335. The molecule has 0 aromatic heterocycles. The normalized spacial score (nSPS) is 13.3. The van der Waals surface area contributed by atoms with Gasteiger partial charge < -0.3 is 26.0 Å². The third-order valence-corrected chi connectivity index (χ3v) is 5.79. The van der Waals surface area contributed by atoms with Crippen LogP contribution in [0, 0.1) is 13.8 Å². The average molecular weight is 519 g/mol. The van der Waals surface area contributed by atoms with Crippen molar-refractivity contribution in [2.75, 3.05) is 6.54 Å². The summed E-state index contributed by atoms with van der Waals surface area (Å²) in [6.45, 7) is 17.0. The van der Waals surface area contributed by atoms with Crippen LogP contribution < -0.4 is 16.4 Å². The molecule has 0 aliphatic heterocycles. The van der Waals surface area contributed by atoms with Gasteiger partial charge in [-0.15, -0.1) is 0 Å². The number of hydrogen-bond donors (Lipinski definition) is 3. The summed E-state index contributed by atoms with van der Waals surface area (Å²) in [5, 5.41) is 5.47. The van der Waals surface area contributed by atoms with E-state index in [2.05, 4.69) is 17.6 Å². The van der Waals surface area contributed by atoms with Crippen LogP contribution in [0.4, 0.5) is 4.79 Å². The second-order valence-corrected chi connectivity index (χ2v) is 11.5. The van der Waals surface area contributed by atoms with E-state index < -0.39 is 47.6 Å². The second-order valence-electron chi connectivity index (χ2n) is 11.5. The fourth-order valence-electron chi connectivity index (χ4n) is 3.90. The van der Waals surface area contributed by atoms with Crippen LogP contribution in [0.1, 0.15) is 96.9 Å². The molecule has 4 N–H and O–H groups in total. The van der Waals surface area contributed by atoms with Gasteiger partial charge in [-0.05, 0) is 78.5 Å². The number of primary amides is 1. The van der Waals surface area contributed by atoms with Crippen LogP contribution in [0.15, 0.2) is 18.2 Å². The maximum atomic E-state index is 14.0. The Morgan fingerprint density at radius 2 is 1.62 bits per heavy atom. The van der Waals surface area contributed by atoms with Gasteiger partial charge in [0.1, 0.15) is 17.7 Å². The molecule has 0 aliphatic carbocycles. The summed E-state index contributed by atoms with van der Waals surface area (Å²) in [6, 6.07) is 3.32. The van der Waals surface area contributed by atoms with E-state index >= 15 is 0 Å². The quantitative estimate of drug-likeness (QED) is 0.381. The Kier molecular flexibility index (Phi) is 11.6. The smallest absolute Gasteiger partial charge is 0.408 e. The third kappa shape index (κ3) is 10.4. The number of amides is 4. The highest BCUT2D eigenvalue weighted by Crippen LogP contribution is 2.31. The SMILES string of the molecule is CCCCCNC(=O)C(c1ccc(C)c(C)c1)N(C(=O)C(CC(N)=O)NC(=O)OC(C)(C)C)C(C)(C)C. The number of nitrogens with two attached hydrogens (primary N) is 1. The highest BCUT2D eigenvalue weighted by Gasteiger charge is 2.42. The van der Waals surface area contributed by atoms with E-state index in [1.165, 1.54) is 4.90 Å². The minimum Gasteiger partial charge on any atom is -0.444 e. The van der Waals surface area contributed by atoms with Crippen LogP contribution in [0.3, 0.4) is 0 Å². The number of carbonyl (C=O) groups is 4. The van der Waals surface area contributed by atoms with E-state index in [1.54, 1.807) is 41.5 Å². The molecule has 0 saturated heterocycles. The third-order valence-electron chi connectivity index (χ3n) is 5.79. The number of nitrogens with zero attached hydrogens (tertiary/aromatic N) is 1. The van der Waals surface area contributed by atoms with E-state index in [9.17, 15) is 19.2 Å². The number of aryl methyl sites for hydroxylation is 2. The Hall–Kier alpha value is -3.10. The van der Waals surface area contributed by atoms with Gasteiger partial charge >= 0.3 is 6.09 Å². The molecule has 0 radical (unpaired) electrons. The zero-order chi connectivity index (χ0) is 28.6. The summed E-state index contributed by atoms with van der Waals surface area (Å²) in [6.07, 6.45) is 1.50. The van der Waals surface area contributed by atoms with Crippen LogP contribution in [0.25, 0.3) is 0 Å². The lowest BCUT2D eigenvalue weighted by atomic mass is 9.93. The van der Waals surface area contributed by atoms with E-state index in [0.29, 0.717) is 12.1 Å². The Morgan fingerprint density at radius 3 is 2.11 bits per heavy atom. The van der Waals surface area contributed by atoms with Gasteiger partial charge in [0.15, 0.2) is 0 Å². The van der Waals surface area contributed by atoms with Crippen molar-refractivity contribution >= 4 is 23.8 Å². The van der Waals surface area contributed by atoms with E-state index in [0.717, 1.165) is 30.4 Å². The first-order valence-corrected chi connectivity index (χ1v) is 12.9. The maximum Gasteiger partial charge on any atom is 0.408 e. The summed E-state index contributed by atoms with van der Waals surface area (Å²) in [7, 11) is 0. The number of carbonyl (C=O) groups excluding carboxylic acids is 4. The lowest BCUT2D eigenvalue weighted by Gasteiger charge is -2.43. The van der Waals surface area contributed by atoms with Crippen LogP contribution >= 0.6 is 0 Å². The van der Waals surface area contributed by atoms with Crippen molar-refractivity contribution in [3.63, 3.8) is 0 Å². The van der Waals surface area contributed by atoms with E-state index in [1.807, 2.05) is 32.0 Å².